The predicted molar refractivity (Wildman–Crippen MR) is 71.1 cm³/mol. The van der Waals surface area contributed by atoms with Crippen LogP contribution in [-0.2, 0) is 0 Å². The zero-order valence-electron chi connectivity index (χ0n) is 11.0. The third kappa shape index (κ3) is 4.41. The van der Waals surface area contributed by atoms with Crippen molar-refractivity contribution in [2.45, 2.75) is 50.2 Å². The van der Waals surface area contributed by atoms with Crippen LogP contribution in [0.2, 0.25) is 0 Å². The summed E-state index contributed by atoms with van der Waals surface area (Å²) in [7, 11) is 2.08. The van der Waals surface area contributed by atoms with Gasteiger partial charge in [-0.25, -0.2) is 0 Å². The lowest BCUT2D eigenvalue weighted by Gasteiger charge is -2.29. The molecule has 0 atom stereocenters. The van der Waals surface area contributed by atoms with Gasteiger partial charge in [0.25, 0.3) is 0 Å². The average molecular weight is 238 g/mol. The monoisotopic (exact) mass is 238 g/mol. The van der Waals surface area contributed by atoms with Crippen molar-refractivity contribution in [2.24, 2.45) is 0 Å². The van der Waals surface area contributed by atoms with Gasteiger partial charge in [-0.2, -0.15) is 0 Å². The van der Waals surface area contributed by atoms with E-state index in [0.29, 0.717) is 0 Å². The van der Waals surface area contributed by atoms with E-state index >= 15 is 0 Å². The zero-order valence-corrected chi connectivity index (χ0v) is 11.0. The summed E-state index contributed by atoms with van der Waals surface area (Å²) in [6, 6.07) is 0.746. The van der Waals surface area contributed by atoms with Crippen molar-refractivity contribution in [1.29, 1.82) is 0 Å². The summed E-state index contributed by atoms with van der Waals surface area (Å²) < 4.78 is 0. The first-order valence-electron chi connectivity index (χ1n) is 6.88. The fourth-order valence-corrected chi connectivity index (χ4v) is 2.76. The molecule has 0 bridgehead atoms. The van der Waals surface area contributed by atoms with Gasteiger partial charge in [-0.15, -0.1) is 0 Å². The number of nitrogens with one attached hydrogen (secondary N) is 1. The number of rotatable bonds is 7. The van der Waals surface area contributed by atoms with Crippen molar-refractivity contribution >= 4 is 0 Å². The Labute approximate surface area is 105 Å². The molecule has 0 unspecified atom stereocenters. The fraction of sp³-hybridized carbons (Fsp3) is 0.857. The first kappa shape index (κ1) is 13.1. The smallest absolute Gasteiger partial charge is 0.0774 e. The third-order valence-electron chi connectivity index (χ3n) is 3.81. The molecule has 2 rings (SSSR count). The van der Waals surface area contributed by atoms with Crippen LogP contribution in [-0.4, -0.2) is 48.3 Å². The summed E-state index contributed by atoms with van der Waals surface area (Å²) in [6.07, 6.45) is 6.92. The first-order chi connectivity index (χ1) is 8.07. The van der Waals surface area contributed by atoms with Crippen LogP contribution in [0.1, 0.15) is 38.5 Å². The average Bonchev–Trinajstić information content (AvgIpc) is 2.98. The summed E-state index contributed by atoms with van der Waals surface area (Å²) in [5, 5.41) is 13.8. The van der Waals surface area contributed by atoms with Crippen molar-refractivity contribution in [2.75, 3.05) is 26.7 Å². The molecule has 0 amide bonds. The van der Waals surface area contributed by atoms with E-state index in [-0.39, 0.29) is 0 Å². The van der Waals surface area contributed by atoms with E-state index in [1.807, 2.05) is 0 Å². The Bertz CT molecular complexity index is 267. The minimum atomic E-state index is -0.432. The van der Waals surface area contributed by atoms with Gasteiger partial charge in [-0.05, 0) is 38.3 Å². The molecule has 2 N–H and O–H groups in total. The standard InChI is InChI=1S/C14H26N2O/c1-12(9-15-13-5-6-13)10-16(2)11-14(17)7-3-4-8-14/h13,15,17H,1,3-11H2,2H3. The van der Waals surface area contributed by atoms with Crippen molar-refractivity contribution in [3.05, 3.63) is 12.2 Å². The highest BCUT2D eigenvalue weighted by Crippen LogP contribution is 2.29. The Hall–Kier alpha value is -0.380. The highest BCUT2D eigenvalue weighted by atomic mass is 16.3. The Morgan fingerprint density at radius 1 is 1.41 bits per heavy atom. The predicted octanol–water partition coefficient (Wildman–Crippen LogP) is 1.53. The van der Waals surface area contributed by atoms with Crippen molar-refractivity contribution in [1.82, 2.24) is 10.2 Å². The molecular formula is C14H26N2O. The van der Waals surface area contributed by atoms with Crippen LogP contribution >= 0.6 is 0 Å². The van der Waals surface area contributed by atoms with E-state index in [9.17, 15) is 5.11 Å². The van der Waals surface area contributed by atoms with Gasteiger partial charge in [0.15, 0.2) is 0 Å². The van der Waals surface area contributed by atoms with Crippen LogP contribution in [0.15, 0.2) is 12.2 Å². The lowest BCUT2D eigenvalue weighted by molar-refractivity contribution is 0.0185. The molecule has 0 heterocycles. The van der Waals surface area contributed by atoms with Gasteiger partial charge in [0, 0.05) is 25.7 Å². The molecule has 2 saturated carbocycles. The molecule has 2 aliphatic rings. The summed E-state index contributed by atoms with van der Waals surface area (Å²) in [6.45, 7) is 6.71. The molecule has 3 nitrogen and oxygen atoms in total. The minimum Gasteiger partial charge on any atom is -0.389 e. The van der Waals surface area contributed by atoms with Crippen LogP contribution in [0, 0.1) is 0 Å². The van der Waals surface area contributed by atoms with Crippen LogP contribution in [0.4, 0.5) is 0 Å². The van der Waals surface area contributed by atoms with E-state index in [0.717, 1.165) is 38.5 Å². The maximum atomic E-state index is 10.3. The summed E-state index contributed by atoms with van der Waals surface area (Å²) in [5.41, 5.74) is 0.792. The molecule has 0 radical (unpaired) electrons. The molecule has 0 aromatic heterocycles. The number of nitrogens with zero attached hydrogens (tertiary/aromatic N) is 1. The Balaban J connectivity index is 1.64. The topological polar surface area (TPSA) is 35.5 Å². The summed E-state index contributed by atoms with van der Waals surface area (Å²) in [5.74, 6) is 0. The van der Waals surface area contributed by atoms with E-state index in [4.69, 9.17) is 0 Å². The van der Waals surface area contributed by atoms with E-state index < -0.39 is 5.60 Å². The van der Waals surface area contributed by atoms with Gasteiger partial charge < -0.3 is 10.4 Å². The maximum absolute atomic E-state index is 10.3. The van der Waals surface area contributed by atoms with Crippen LogP contribution in [0.25, 0.3) is 0 Å². The quantitative estimate of drug-likeness (QED) is 0.660. The van der Waals surface area contributed by atoms with Crippen molar-refractivity contribution in [3.63, 3.8) is 0 Å². The minimum absolute atomic E-state index is 0.432. The fourth-order valence-electron chi connectivity index (χ4n) is 2.76. The van der Waals surface area contributed by atoms with Gasteiger partial charge in [0.2, 0.25) is 0 Å². The molecular weight excluding hydrogens is 212 g/mol. The number of aliphatic hydroxyl groups is 1. The molecule has 0 aromatic rings. The third-order valence-corrected chi connectivity index (χ3v) is 3.81. The second kappa shape index (κ2) is 5.51. The van der Waals surface area contributed by atoms with Gasteiger partial charge in [-0.3, -0.25) is 4.90 Å². The Morgan fingerprint density at radius 3 is 2.65 bits per heavy atom. The van der Waals surface area contributed by atoms with Gasteiger partial charge >= 0.3 is 0 Å². The largest absolute Gasteiger partial charge is 0.389 e. The molecule has 0 saturated heterocycles. The molecule has 17 heavy (non-hydrogen) atoms. The molecule has 0 spiro atoms. The zero-order chi connectivity index (χ0) is 12.3. The van der Waals surface area contributed by atoms with Crippen molar-refractivity contribution < 1.29 is 5.11 Å². The summed E-state index contributed by atoms with van der Waals surface area (Å²) in [4.78, 5) is 2.21. The molecule has 0 aromatic carbocycles. The van der Waals surface area contributed by atoms with Crippen LogP contribution < -0.4 is 5.32 Å². The Kier molecular flexibility index (Phi) is 4.23. The highest BCUT2D eigenvalue weighted by molar-refractivity contribution is 5.02. The number of hydrogen-bond acceptors (Lipinski definition) is 3. The second-order valence-corrected chi connectivity index (χ2v) is 6.01. The molecule has 2 fully saturated rings. The van der Waals surface area contributed by atoms with E-state index in [1.54, 1.807) is 0 Å². The normalized spacial score (nSPS) is 23.2. The SMILES string of the molecule is C=C(CNC1CC1)CN(C)CC1(O)CCCC1. The lowest BCUT2D eigenvalue weighted by atomic mass is 10.0. The number of hydrogen-bond donors (Lipinski definition) is 2. The molecule has 3 heteroatoms. The molecule has 98 valence electrons. The molecule has 2 aliphatic carbocycles. The number of likely N-dealkylation sites (N-methyl/N-ethyl adjacent to an activating group) is 1. The van der Waals surface area contributed by atoms with Crippen LogP contribution in [0.3, 0.4) is 0 Å². The van der Waals surface area contributed by atoms with Crippen molar-refractivity contribution in [3.8, 4) is 0 Å². The van der Waals surface area contributed by atoms with Gasteiger partial charge in [-0.1, -0.05) is 19.4 Å². The Morgan fingerprint density at radius 2 is 2.06 bits per heavy atom. The van der Waals surface area contributed by atoms with E-state index in [2.05, 4.69) is 23.8 Å². The first-order valence-corrected chi connectivity index (χ1v) is 6.88. The lowest BCUT2D eigenvalue weighted by Crippen LogP contribution is -2.40. The molecule has 0 aliphatic heterocycles. The highest BCUT2D eigenvalue weighted by Gasteiger charge is 2.32. The second-order valence-electron chi connectivity index (χ2n) is 6.01. The van der Waals surface area contributed by atoms with E-state index in [1.165, 1.54) is 31.3 Å². The van der Waals surface area contributed by atoms with Gasteiger partial charge in [0.1, 0.15) is 0 Å². The maximum Gasteiger partial charge on any atom is 0.0774 e. The van der Waals surface area contributed by atoms with Gasteiger partial charge in [0.05, 0.1) is 5.60 Å². The van der Waals surface area contributed by atoms with Crippen LogP contribution in [0.5, 0.6) is 0 Å². The summed E-state index contributed by atoms with van der Waals surface area (Å²) >= 11 is 0.